The molecule has 0 spiro atoms. The van der Waals surface area contributed by atoms with Gasteiger partial charge in [0.1, 0.15) is 11.7 Å². The van der Waals surface area contributed by atoms with E-state index in [9.17, 15) is 14.7 Å². The molecule has 2 saturated carbocycles. The van der Waals surface area contributed by atoms with Gasteiger partial charge in [0.25, 0.3) is 5.91 Å². The van der Waals surface area contributed by atoms with Crippen LogP contribution in [0.15, 0.2) is 12.3 Å². The van der Waals surface area contributed by atoms with Crippen LogP contribution in [0.3, 0.4) is 0 Å². The fourth-order valence-electron chi connectivity index (χ4n) is 4.90. The Hall–Kier alpha value is -1.85. The summed E-state index contributed by atoms with van der Waals surface area (Å²) in [6, 6.07) is 1.37. The van der Waals surface area contributed by atoms with E-state index in [1.807, 2.05) is 4.68 Å². The lowest BCUT2D eigenvalue weighted by Crippen LogP contribution is -2.44. The van der Waals surface area contributed by atoms with Crippen molar-refractivity contribution in [3.63, 3.8) is 0 Å². The van der Waals surface area contributed by atoms with Gasteiger partial charge in [-0.2, -0.15) is 5.10 Å². The number of carboxylic acids is 1. The Morgan fingerprint density at radius 3 is 2.65 bits per heavy atom. The molecule has 6 heteroatoms. The topological polar surface area (TPSA) is 75.4 Å². The van der Waals surface area contributed by atoms with Gasteiger partial charge in [0.15, 0.2) is 0 Å². The maximum absolute atomic E-state index is 13.0. The summed E-state index contributed by atoms with van der Waals surface area (Å²) in [5.41, 5.74) is 0.558. The summed E-state index contributed by atoms with van der Waals surface area (Å²) < 4.78 is 1.84. The monoisotopic (exact) mass is 317 g/mol. The molecule has 0 radical (unpaired) electrons. The Labute approximate surface area is 135 Å². The van der Waals surface area contributed by atoms with Crippen LogP contribution in [0.1, 0.15) is 61.5 Å². The molecule has 4 rings (SSSR count). The van der Waals surface area contributed by atoms with E-state index in [0.29, 0.717) is 18.2 Å². The molecule has 0 aromatic carbocycles. The van der Waals surface area contributed by atoms with Crippen molar-refractivity contribution in [1.82, 2.24) is 14.7 Å². The second-order valence-electron chi connectivity index (χ2n) is 7.19. The van der Waals surface area contributed by atoms with E-state index in [1.165, 1.54) is 12.8 Å². The van der Waals surface area contributed by atoms with Gasteiger partial charge in [-0.05, 0) is 43.6 Å². The summed E-state index contributed by atoms with van der Waals surface area (Å²) in [5, 5.41) is 14.0. The van der Waals surface area contributed by atoms with Crippen LogP contribution in [0.25, 0.3) is 0 Å². The molecule has 124 valence electrons. The van der Waals surface area contributed by atoms with E-state index in [4.69, 9.17) is 0 Å². The zero-order chi connectivity index (χ0) is 16.0. The van der Waals surface area contributed by atoms with Gasteiger partial charge in [0.05, 0.1) is 6.04 Å². The minimum absolute atomic E-state index is 0.124. The van der Waals surface area contributed by atoms with Gasteiger partial charge in [0.2, 0.25) is 0 Å². The van der Waals surface area contributed by atoms with Crippen LogP contribution < -0.4 is 0 Å². The number of hydrogen-bond acceptors (Lipinski definition) is 3. The summed E-state index contributed by atoms with van der Waals surface area (Å²) in [5.74, 6) is -0.543. The lowest BCUT2D eigenvalue weighted by atomic mass is 9.94. The summed E-state index contributed by atoms with van der Waals surface area (Å²) in [6.45, 7) is 0.580. The molecule has 6 nitrogen and oxygen atoms in total. The largest absolute Gasteiger partial charge is 0.480 e. The first kappa shape index (κ1) is 14.7. The second-order valence-corrected chi connectivity index (χ2v) is 7.19. The number of nitrogens with zero attached hydrogens (tertiary/aromatic N) is 3. The molecule has 3 aliphatic rings. The first-order valence-electron chi connectivity index (χ1n) is 8.74. The number of fused-ring (bicyclic) bond motifs is 1. The minimum Gasteiger partial charge on any atom is -0.480 e. The van der Waals surface area contributed by atoms with Gasteiger partial charge < -0.3 is 10.0 Å². The fourth-order valence-corrected chi connectivity index (χ4v) is 4.90. The van der Waals surface area contributed by atoms with Crippen molar-refractivity contribution in [3.8, 4) is 0 Å². The molecular formula is C17H23N3O3. The fraction of sp³-hybridized carbons (Fsp3) is 0.706. The first-order valence-corrected chi connectivity index (χ1v) is 8.74. The smallest absolute Gasteiger partial charge is 0.326 e. The average Bonchev–Trinajstić information content (AvgIpc) is 3.26. The van der Waals surface area contributed by atoms with E-state index in [1.54, 1.807) is 17.2 Å². The van der Waals surface area contributed by atoms with Crippen LogP contribution >= 0.6 is 0 Å². The number of carbonyl (C=O) groups is 2. The van der Waals surface area contributed by atoms with Crippen LogP contribution in [0.4, 0.5) is 0 Å². The van der Waals surface area contributed by atoms with Crippen molar-refractivity contribution in [3.05, 3.63) is 18.0 Å². The number of rotatable bonds is 3. The van der Waals surface area contributed by atoms with Gasteiger partial charge in [-0.1, -0.05) is 19.3 Å². The quantitative estimate of drug-likeness (QED) is 0.928. The lowest BCUT2D eigenvalue weighted by molar-refractivity contribution is -0.142. The number of hydrogen-bond donors (Lipinski definition) is 1. The molecule has 3 fully saturated rings. The van der Waals surface area contributed by atoms with Gasteiger partial charge in [0, 0.05) is 12.7 Å². The molecule has 1 saturated heterocycles. The Bertz CT molecular complexity index is 620. The first-order chi connectivity index (χ1) is 11.2. The third-order valence-electron chi connectivity index (χ3n) is 5.96. The van der Waals surface area contributed by atoms with Crippen molar-refractivity contribution in [2.75, 3.05) is 6.54 Å². The molecule has 2 aliphatic carbocycles. The maximum Gasteiger partial charge on any atom is 0.326 e. The zero-order valence-corrected chi connectivity index (χ0v) is 13.2. The normalized spacial score (nSPS) is 30.8. The highest BCUT2D eigenvalue weighted by Gasteiger charge is 2.50. The van der Waals surface area contributed by atoms with E-state index in [2.05, 4.69) is 5.10 Å². The van der Waals surface area contributed by atoms with E-state index >= 15 is 0 Å². The highest BCUT2D eigenvalue weighted by atomic mass is 16.4. The van der Waals surface area contributed by atoms with Crippen molar-refractivity contribution < 1.29 is 14.7 Å². The third kappa shape index (κ3) is 2.35. The molecule has 23 heavy (non-hydrogen) atoms. The van der Waals surface area contributed by atoms with Crippen molar-refractivity contribution in [1.29, 1.82) is 0 Å². The second kappa shape index (κ2) is 5.65. The predicted molar refractivity (Wildman–Crippen MR) is 83.0 cm³/mol. The summed E-state index contributed by atoms with van der Waals surface area (Å²) in [6.07, 6.45) is 9.16. The summed E-state index contributed by atoms with van der Waals surface area (Å²) >= 11 is 0. The lowest BCUT2D eigenvalue weighted by Gasteiger charge is -2.25. The number of likely N-dealkylation sites (tertiary alicyclic amines) is 1. The van der Waals surface area contributed by atoms with Crippen molar-refractivity contribution >= 4 is 11.9 Å². The molecule has 1 aromatic heterocycles. The Balaban J connectivity index is 1.61. The van der Waals surface area contributed by atoms with Crippen LogP contribution in [0, 0.1) is 11.8 Å². The van der Waals surface area contributed by atoms with Gasteiger partial charge in [-0.25, -0.2) is 4.79 Å². The Kier molecular flexibility index (Phi) is 3.62. The van der Waals surface area contributed by atoms with Gasteiger partial charge >= 0.3 is 5.97 Å². The molecule has 2 heterocycles. The van der Waals surface area contributed by atoms with Gasteiger partial charge in [-0.3, -0.25) is 9.48 Å². The maximum atomic E-state index is 13.0. The molecule has 1 aliphatic heterocycles. The third-order valence-corrected chi connectivity index (χ3v) is 5.96. The Morgan fingerprint density at radius 2 is 1.91 bits per heavy atom. The highest BCUT2D eigenvalue weighted by Crippen LogP contribution is 2.43. The van der Waals surface area contributed by atoms with E-state index in [0.717, 1.165) is 32.1 Å². The summed E-state index contributed by atoms with van der Waals surface area (Å²) in [7, 11) is 0. The molecule has 1 aromatic rings. The zero-order valence-electron chi connectivity index (χ0n) is 13.2. The molecule has 1 amide bonds. The van der Waals surface area contributed by atoms with E-state index < -0.39 is 12.0 Å². The molecule has 3 unspecified atom stereocenters. The number of carboxylic acid groups (broad SMARTS) is 1. The summed E-state index contributed by atoms with van der Waals surface area (Å²) in [4.78, 5) is 26.4. The highest BCUT2D eigenvalue weighted by molar-refractivity contribution is 5.95. The molecule has 1 N–H and O–H groups in total. The number of aromatic nitrogens is 2. The molecule has 0 bridgehead atoms. The van der Waals surface area contributed by atoms with Crippen LogP contribution in [-0.4, -0.2) is 44.3 Å². The molecular weight excluding hydrogens is 294 g/mol. The van der Waals surface area contributed by atoms with Crippen molar-refractivity contribution in [2.45, 2.75) is 57.0 Å². The van der Waals surface area contributed by atoms with Crippen molar-refractivity contribution in [2.24, 2.45) is 11.8 Å². The predicted octanol–water partition coefficient (Wildman–Crippen LogP) is 2.32. The number of carbonyl (C=O) groups excluding carboxylic acids is 1. The van der Waals surface area contributed by atoms with Crippen LogP contribution in [-0.2, 0) is 4.79 Å². The minimum atomic E-state index is -0.861. The number of aliphatic carboxylic acids is 1. The Morgan fingerprint density at radius 1 is 1.13 bits per heavy atom. The SMILES string of the molecule is O=C(O)C1C2CCCC2CN1C(=O)c1ccnn1C1CCCC1. The van der Waals surface area contributed by atoms with Gasteiger partial charge in [-0.15, -0.1) is 0 Å². The van der Waals surface area contributed by atoms with Crippen LogP contribution in [0.2, 0.25) is 0 Å². The molecule has 3 atom stereocenters. The number of amides is 1. The standard InChI is InChI=1S/C17H23N3O3/c21-16(14-8-9-18-20(14)12-5-1-2-6-12)19-10-11-4-3-7-13(11)15(19)17(22)23/h8-9,11-13,15H,1-7,10H2,(H,22,23). The van der Waals surface area contributed by atoms with Crippen LogP contribution in [0.5, 0.6) is 0 Å². The van der Waals surface area contributed by atoms with E-state index in [-0.39, 0.29) is 17.9 Å². The average molecular weight is 317 g/mol.